The van der Waals surface area contributed by atoms with Gasteiger partial charge in [0.2, 0.25) is 0 Å². The van der Waals surface area contributed by atoms with Crippen LogP contribution >= 0.6 is 162 Å². The van der Waals surface area contributed by atoms with E-state index in [1.54, 1.807) is 0 Å². The molecule has 0 spiro atoms. The van der Waals surface area contributed by atoms with Gasteiger partial charge in [0.05, 0.1) is 76.2 Å². The fourth-order valence-electron chi connectivity index (χ4n) is 5.74. The summed E-state index contributed by atoms with van der Waals surface area (Å²) in [6.07, 6.45) is 0. The van der Waals surface area contributed by atoms with E-state index in [1.165, 1.54) is 0 Å². The number of halogens is 14. The number of aryl methyl sites for hydroxylation is 2. The largest absolute Gasteiger partial charge is 0.311 e. The summed E-state index contributed by atoms with van der Waals surface area (Å²) in [6, 6.07) is 24.0. The minimum Gasteiger partial charge on any atom is -0.311 e. The summed E-state index contributed by atoms with van der Waals surface area (Å²) in [5, 5.41) is -1.63. The Labute approximate surface area is 382 Å². The molecule has 0 atom stereocenters. The second-order valence-electron chi connectivity index (χ2n) is 11.8. The maximum absolute atomic E-state index is 7.16. The van der Waals surface area contributed by atoms with Crippen molar-refractivity contribution in [1.82, 2.24) is 0 Å². The van der Waals surface area contributed by atoms with Crippen molar-refractivity contribution in [3.63, 3.8) is 0 Å². The van der Waals surface area contributed by atoms with Crippen LogP contribution in [0.5, 0.6) is 0 Å². The number of benzene rings is 6. The van der Waals surface area contributed by atoms with Crippen molar-refractivity contribution in [2.24, 2.45) is 0 Å². The van der Waals surface area contributed by atoms with Crippen molar-refractivity contribution >= 4 is 179 Å². The summed E-state index contributed by atoms with van der Waals surface area (Å²) in [7, 11) is 0. The molecule has 15 heteroatoms. The predicted molar refractivity (Wildman–Crippen MR) is 240 cm³/mol. The van der Waals surface area contributed by atoms with Gasteiger partial charge in [-0.3, -0.25) is 0 Å². The summed E-state index contributed by atoms with van der Waals surface area (Å²) in [4.78, 5) is 2.13. The predicted octanol–water partition coefficient (Wildman–Crippen LogP) is 19.6. The summed E-state index contributed by atoms with van der Waals surface area (Å²) >= 11 is 94.7. The summed E-state index contributed by atoms with van der Waals surface area (Å²) < 4.78 is 0. The van der Waals surface area contributed by atoms with E-state index in [-0.39, 0.29) is 92.9 Å². The van der Waals surface area contributed by atoms with Crippen molar-refractivity contribution in [3.05, 3.63) is 177 Å². The molecule has 277 valence electrons. The van der Waals surface area contributed by atoms with Gasteiger partial charge in [-0.2, -0.15) is 0 Å². The third-order valence-corrected chi connectivity index (χ3v) is 14.7. The second kappa shape index (κ2) is 17.2. The quantitative estimate of drug-likeness (QED) is 0.0875. The summed E-state index contributed by atoms with van der Waals surface area (Å²) in [6.45, 7) is 4.08. The lowest BCUT2D eigenvalue weighted by Crippen LogP contribution is -2.12. The number of anilines is 3. The van der Waals surface area contributed by atoms with Gasteiger partial charge in [0.15, 0.2) is 0 Å². The van der Waals surface area contributed by atoms with Gasteiger partial charge in [-0.15, -0.1) is 0 Å². The Kier molecular flexibility index (Phi) is 13.6. The number of hydrogen-bond donors (Lipinski definition) is 0. The Morgan fingerprint density at radius 1 is 0.315 bits per heavy atom. The summed E-state index contributed by atoms with van der Waals surface area (Å²) in [5.74, 6) is -0.0199. The fourth-order valence-corrected chi connectivity index (χ4v) is 9.66. The van der Waals surface area contributed by atoms with E-state index in [0.717, 1.165) is 28.2 Å². The van der Waals surface area contributed by atoms with Crippen LogP contribution in [0.25, 0.3) is 11.1 Å². The molecule has 0 heterocycles. The second-order valence-corrected chi connectivity index (χ2v) is 17.1. The zero-order valence-corrected chi connectivity index (χ0v) is 37.7. The van der Waals surface area contributed by atoms with E-state index in [0.29, 0.717) is 11.1 Å². The van der Waals surface area contributed by atoms with Crippen LogP contribution in [0.3, 0.4) is 0 Å². The van der Waals surface area contributed by atoms with E-state index in [1.807, 2.05) is 38.1 Å². The Bertz CT molecular complexity index is 2240. The molecule has 1 radical (unpaired) electrons. The van der Waals surface area contributed by atoms with Crippen LogP contribution in [0, 0.1) is 19.8 Å². The van der Waals surface area contributed by atoms with E-state index >= 15 is 0 Å². The van der Waals surface area contributed by atoms with Gasteiger partial charge in [0, 0.05) is 39.3 Å². The van der Waals surface area contributed by atoms with E-state index < -0.39 is 0 Å². The average Bonchev–Trinajstić information content (AvgIpc) is 3.16. The number of nitrogens with zero attached hydrogens (tertiary/aromatic N) is 1. The maximum atomic E-state index is 7.16. The number of hydrogen-bond acceptors (Lipinski definition) is 1. The van der Waals surface area contributed by atoms with Crippen molar-refractivity contribution < 1.29 is 0 Å². The van der Waals surface area contributed by atoms with Gasteiger partial charge < -0.3 is 4.90 Å². The van der Waals surface area contributed by atoms with E-state index in [4.69, 9.17) is 162 Å². The molecule has 0 unspecified atom stereocenters. The van der Waals surface area contributed by atoms with Gasteiger partial charge in [0.1, 0.15) is 0 Å². The zero-order chi connectivity index (χ0) is 39.5. The van der Waals surface area contributed by atoms with E-state index in [2.05, 4.69) is 53.4 Å². The minimum absolute atomic E-state index is 0.00451. The highest BCUT2D eigenvalue weighted by Crippen LogP contribution is 2.58. The van der Waals surface area contributed by atoms with E-state index in [9.17, 15) is 0 Å². The highest BCUT2D eigenvalue weighted by atomic mass is 35.5. The molecule has 0 aliphatic carbocycles. The molecule has 6 aromatic carbocycles. The zero-order valence-electron chi connectivity index (χ0n) is 27.2. The minimum atomic E-state index is -0.161. The SMILES string of the molecule is Cc1ccc(N(c2ccc(C)cc2)c2ccc(-c3c(Cl)c(Cl)c([C](c4c(Cl)c(Cl)c(Cl)c(Cl)c4Cl)c4c(Cl)c(Cl)c(Cl)c(Cl)c4Cl)c(Cl)c3Cl)cc2)cc1. The van der Waals surface area contributed by atoms with Crippen LogP contribution < -0.4 is 4.90 Å². The van der Waals surface area contributed by atoms with Crippen LogP contribution in [0.1, 0.15) is 27.8 Å². The molecular weight excluding hydrogens is 979 g/mol. The van der Waals surface area contributed by atoms with Crippen LogP contribution in [0.15, 0.2) is 72.8 Å². The van der Waals surface area contributed by atoms with Crippen molar-refractivity contribution in [2.75, 3.05) is 4.90 Å². The summed E-state index contributed by atoms with van der Waals surface area (Å²) in [5.41, 5.74) is 5.93. The molecular formula is C39H18Cl14N. The van der Waals surface area contributed by atoms with Gasteiger partial charge >= 0.3 is 0 Å². The molecule has 6 aromatic rings. The maximum Gasteiger partial charge on any atom is 0.0809 e. The first-order valence-corrected chi connectivity index (χ1v) is 20.6. The molecule has 0 bridgehead atoms. The molecule has 0 aliphatic heterocycles. The highest BCUT2D eigenvalue weighted by molar-refractivity contribution is 6.58. The smallest absolute Gasteiger partial charge is 0.0809 e. The Hall–Kier alpha value is -0.820. The first kappa shape index (κ1) is 42.8. The van der Waals surface area contributed by atoms with Gasteiger partial charge in [-0.1, -0.05) is 210 Å². The molecule has 0 amide bonds. The Morgan fingerprint density at radius 3 is 0.852 bits per heavy atom. The third kappa shape index (κ3) is 7.72. The monoisotopic (exact) mass is 990 g/mol. The molecule has 0 saturated carbocycles. The van der Waals surface area contributed by atoms with Crippen molar-refractivity contribution in [3.8, 4) is 11.1 Å². The van der Waals surface area contributed by atoms with Gasteiger partial charge in [-0.05, 0) is 55.8 Å². The molecule has 0 aliphatic rings. The standard InChI is InChI=1S/C39H18Cl14N/c1-15-3-9-18(10-4-15)54(19-11-5-16(2)6-12-19)20-13-7-17(8-14-20)21-26(40)28(42)23(29(43)27(21)41)22(24-30(44)34(48)38(52)35(49)31(24)45)25-32(46)36(50)39(53)37(51)33(25)47/h3-14H,1-2H3. The van der Waals surface area contributed by atoms with Crippen LogP contribution in [-0.4, -0.2) is 0 Å². The molecule has 54 heavy (non-hydrogen) atoms. The fraction of sp³-hybridized carbons (Fsp3) is 0.0513. The Morgan fingerprint density at radius 2 is 0.556 bits per heavy atom. The lowest BCUT2D eigenvalue weighted by molar-refractivity contribution is 1.23. The lowest BCUT2D eigenvalue weighted by Gasteiger charge is -2.28. The van der Waals surface area contributed by atoms with Crippen LogP contribution in [0.4, 0.5) is 17.1 Å². The van der Waals surface area contributed by atoms with Gasteiger partial charge in [-0.25, -0.2) is 0 Å². The molecule has 0 saturated heterocycles. The lowest BCUT2D eigenvalue weighted by atomic mass is 9.83. The average molecular weight is 997 g/mol. The Balaban J connectivity index is 1.58. The van der Waals surface area contributed by atoms with Gasteiger partial charge in [0.25, 0.3) is 0 Å². The van der Waals surface area contributed by atoms with Crippen LogP contribution in [0.2, 0.25) is 70.3 Å². The van der Waals surface area contributed by atoms with Crippen molar-refractivity contribution in [1.29, 1.82) is 0 Å². The van der Waals surface area contributed by atoms with Crippen LogP contribution in [-0.2, 0) is 0 Å². The normalized spacial score (nSPS) is 11.5. The highest BCUT2D eigenvalue weighted by Gasteiger charge is 2.38. The molecule has 0 aromatic heterocycles. The molecule has 6 rings (SSSR count). The first-order valence-electron chi connectivity index (χ1n) is 15.3. The third-order valence-electron chi connectivity index (χ3n) is 8.43. The first-order chi connectivity index (χ1) is 25.5. The van der Waals surface area contributed by atoms with Crippen molar-refractivity contribution in [2.45, 2.75) is 13.8 Å². The topological polar surface area (TPSA) is 3.24 Å². The molecule has 0 fully saturated rings. The molecule has 1 nitrogen and oxygen atoms in total. The molecule has 0 N–H and O–H groups in total. The number of rotatable bonds is 7.